The molecule has 0 saturated carbocycles. The van der Waals surface area contributed by atoms with Crippen LogP contribution in [0.3, 0.4) is 0 Å². The van der Waals surface area contributed by atoms with Gasteiger partial charge < -0.3 is 10.6 Å². The Morgan fingerprint density at radius 2 is 0.622 bits per heavy atom. The normalized spacial score (nSPS) is 12.2. The van der Waals surface area contributed by atoms with Crippen molar-refractivity contribution in [2.45, 2.75) is 248 Å². The zero-order valence-corrected chi connectivity index (χ0v) is 53.2. The van der Waals surface area contributed by atoms with Gasteiger partial charge in [0, 0.05) is 22.7 Å². The van der Waals surface area contributed by atoms with Crippen molar-refractivity contribution >= 4 is 22.7 Å². The van der Waals surface area contributed by atoms with Gasteiger partial charge in [0.25, 0.3) is 0 Å². The molecule has 0 aliphatic heterocycles. The van der Waals surface area contributed by atoms with Crippen molar-refractivity contribution in [3.05, 3.63) is 178 Å². The summed E-state index contributed by atoms with van der Waals surface area (Å²) in [6.07, 6.45) is 32.7. The molecule has 0 fully saturated rings. The predicted octanol–water partition coefficient (Wildman–Crippen LogP) is 25.5. The van der Waals surface area contributed by atoms with E-state index in [0.717, 1.165) is 48.4 Å². The van der Waals surface area contributed by atoms with E-state index in [9.17, 15) is 0 Å². The molecule has 2 heteroatoms. The summed E-state index contributed by atoms with van der Waals surface area (Å²) in [5, 5.41) is 7.67. The lowest BCUT2D eigenvalue weighted by molar-refractivity contribution is 0.535. The molecule has 0 aromatic heterocycles. The van der Waals surface area contributed by atoms with E-state index in [2.05, 4.69) is 213 Å². The third kappa shape index (κ3) is 18.1. The Morgan fingerprint density at radius 1 is 0.293 bits per heavy atom. The predicted molar refractivity (Wildman–Crippen MR) is 364 cm³/mol. The Balaban J connectivity index is 1.11. The third-order valence-corrected chi connectivity index (χ3v) is 18.2. The first kappa shape index (κ1) is 63.7. The summed E-state index contributed by atoms with van der Waals surface area (Å²) < 4.78 is 0. The van der Waals surface area contributed by atoms with E-state index in [1.807, 2.05) is 0 Å². The van der Waals surface area contributed by atoms with Crippen molar-refractivity contribution in [3.63, 3.8) is 0 Å². The van der Waals surface area contributed by atoms with E-state index in [1.54, 1.807) is 0 Å². The maximum atomic E-state index is 3.84. The van der Waals surface area contributed by atoms with E-state index in [1.165, 1.54) is 230 Å². The molecule has 0 heterocycles. The zero-order chi connectivity index (χ0) is 58.1. The summed E-state index contributed by atoms with van der Waals surface area (Å²) in [5.74, 6) is 1.31. The van der Waals surface area contributed by atoms with Crippen LogP contribution in [-0.4, -0.2) is 0 Å². The van der Waals surface area contributed by atoms with Crippen molar-refractivity contribution < 1.29 is 0 Å². The average Bonchev–Trinajstić information content (AvgIpc) is 3.46. The highest BCUT2D eigenvalue weighted by molar-refractivity contribution is 5.82. The highest BCUT2D eigenvalue weighted by Gasteiger charge is 2.19. The lowest BCUT2D eigenvalue weighted by atomic mass is 9.85. The van der Waals surface area contributed by atoms with Crippen LogP contribution in [-0.2, 0) is 25.7 Å². The molecule has 2 N–H and O–H groups in total. The van der Waals surface area contributed by atoms with E-state index in [0.29, 0.717) is 11.8 Å². The summed E-state index contributed by atoms with van der Waals surface area (Å²) in [7, 11) is 0. The zero-order valence-electron chi connectivity index (χ0n) is 53.2. The second kappa shape index (κ2) is 34.0. The van der Waals surface area contributed by atoms with Gasteiger partial charge in [-0.15, -0.1) is 0 Å². The fraction of sp³-hybridized carbons (Fsp3) is 0.475. The van der Waals surface area contributed by atoms with Crippen LogP contribution >= 0.6 is 0 Å². The van der Waals surface area contributed by atoms with Gasteiger partial charge in [0.2, 0.25) is 0 Å². The van der Waals surface area contributed by atoms with Crippen LogP contribution < -0.4 is 10.6 Å². The SMILES string of the molecule is CCCCCCCC(CC)c1ccc(-c2ccc(Nc3ccc(-c4cc(CCCCCC)c(-c5ccc(Nc6ccc(-c7ccc(C(CC)CCCCCCC)cc7)c(CC)c6)cc5C)cc4CCCCCC)c(C)c3)cc2CC)cc1. The van der Waals surface area contributed by atoms with Gasteiger partial charge in [0.1, 0.15) is 0 Å². The van der Waals surface area contributed by atoms with Crippen molar-refractivity contribution in [3.8, 4) is 44.5 Å². The van der Waals surface area contributed by atoms with Gasteiger partial charge in [-0.2, -0.15) is 0 Å². The molecule has 7 aromatic rings. The Hall–Kier alpha value is -5.86. The van der Waals surface area contributed by atoms with Crippen molar-refractivity contribution in [2.75, 3.05) is 10.6 Å². The number of hydrogen-bond acceptors (Lipinski definition) is 2. The molecule has 82 heavy (non-hydrogen) atoms. The lowest BCUT2D eigenvalue weighted by Gasteiger charge is -2.21. The molecule has 0 aliphatic carbocycles. The first-order valence-electron chi connectivity index (χ1n) is 33.5. The maximum Gasteiger partial charge on any atom is 0.0387 e. The summed E-state index contributed by atoms with van der Waals surface area (Å²) >= 11 is 0. The Labute approximate surface area is 501 Å². The summed E-state index contributed by atoms with van der Waals surface area (Å²) in [4.78, 5) is 0. The fourth-order valence-electron chi connectivity index (χ4n) is 13.1. The lowest BCUT2D eigenvalue weighted by Crippen LogP contribution is -2.01. The van der Waals surface area contributed by atoms with Gasteiger partial charge in [-0.05, 0) is 227 Å². The monoisotopic (exact) mass is 1100 g/mol. The molecule has 2 nitrogen and oxygen atoms in total. The molecule has 0 spiro atoms. The van der Waals surface area contributed by atoms with E-state index in [4.69, 9.17) is 0 Å². The minimum absolute atomic E-state index is 0.654. The molecule has 7 aromatic carbocycles. The number of aryl methyl sites for hydroxylation is 6. The number of rotatable bonds is 36. The first-order chi connectivity index (χ1) is 40.1. The van der Waals surface area contributed by atoms with Crippen molar-refractivity contribution in [1.29, 1.82) is 0 Å². The van der Waals surface area contributed by atoms with E-state index >= 15 is 0 Å². The van der Waals surface area contributed by atoms with Gasteiger partial charge in [-0.3, -0.25) is 0 Å². The first-order valence-corrected chi connectivity index (χ1v) is 33.5. The van der Waals surface area contributed by atoms with Crippen LogP contribution in [0.5, 0.6) is 0 Å². The van der Waals surface area contributed by atoms with Crippen LogP contribution in [0, 0.1) is 13.8 Å². The van der Waals surface area contributed by atoms with Gasteiger partial charge in [-0.1, -0.05) is 243 Å². The summed E-state index contributed by atoms with van der Waals surface area (Å²) in [6.45, 7) is 23.2. The molecular formula is C80H108N2. The van der Waals surface area contributed by atoms with Gasteiger partial charge in [-0.25, -0.2) is 0 Å². The van der Waals surface area contributed by atoms with Gasteiger partial charge in [0.15, 0.2) is 0 Å². The highest BCUT2D eigenvalue weighted by atomic mass is 14.9. The van der Waals surface area contributed by atoms with Crippen LogP contribution in [0.25, 0.3) is 44.5 Å². The fourth-order valence-corrected chi connectivity index (χ4v) is 13.1. The molecule has 2 atom stereocenters. The number of unbranched alkanes of at least 4 members (excludes halogenated alkanes) is 14. The molecule has 0 aliphatic rings. The molecular weight excluding hydrogens is 989 g/mol. The molecule has 0 saturated heterocycles. The topological polar surface area (TPSA) is 24.1 Å². The molecule has 2 unspecified atom stereocenters. The minimum atomic E-state index is 0.654. The largest absolute Gasteiger partial charge is 0.356 e. The van der Waals surface area contributed by atoms with Gasteiger partial charge >= 0.3 is 0 Å². The maximum absolute atomic E-state index is 3.84. The second-order valence-electron chi connectivity index (χ2n) is 24.4. The molecule has 0 radical (unpaired) electrons. The Bertz CT molecular complexity index is 2790. The third-order valence-electron chi connectivity index (χ3n) is 18.2. The number of hydrogen-bond donors (Lipinski definition) is 2. The minimum Gasteiger partial charge on any atom is -0.356 e. The Kier molecular flexibility index (Phi) is 26.5. The van der Waals surface area contributed by atoms with Crippen LogP contribution in [0.2, 0.25) is 0 Å². The average molecular weight is 1100 g/mol. The van der Waals surface area contributed by atoms with Gasteiger partial charge in [0.05, 0.1) is 0 Å². The molecule has 0 bridgehead atoms. The highest BCUT2D eigenvalue weighted by Crippen LogP contribution is 2.40. The summed E-state index contributed by atoms with van der Waals surface area (Å²) in [5.41, 5.74) is 26.8. The molecule has 7 rings (SSSR count). The Morgan fingerprint density at radius 3 is 0.951 bits per heavy atom. The van der Waals surface area contributed by atoms with Crippen molar-refractivity contribution in [2.24, 2.45) is 0 Å². The standard InChI is InChI=1S/C80H108N2/c1-11-19-23-27-31-33-61(15-5)65-37-41-67(42-38-65)77-51-47-73(55-63(77)17-7)81-71-45-49-75(59(9)53-71)79-57-70(36-30-26-22-14-4)80(58-69(79)35-29-25-21-13-3)76-50-46-72(54-60(76)10)82-74-48-52-78(64(18-8)56-74)68-43-39-66(40-44-68)62(16-6)34-32-28-24-20-12-2/h37-58,61-62,81-82H,11-36H2,1-10H3. The van der Waals surface area contributed by atoms with Crippen LogP contribution in [0.15, 0.2) is 133 Å². The van der Waals surface area contributed by atoms with E-state index < -0.39 is 0 Å². The quantitative estimate of drug-likeness (QED) is 0.0383. The number of anilines is 4. The molecule has 0 amide bonds. The molecule has 438 valence electrons. The second-order valence-corrected chi connectivity index (χ2v) is 24.4. The van der Waals surface area contributed by atoms with Crippen LogP contribution in [0.4, 0.5) is 22.7 Å². The van der Waals surface area contributed by atoms with Crippen LogP contribution in [0.1, 0.15) is 253 Å². The smallest absolute Gasteiger partial charge is 0.0387 e. The van der Waals surface area contributed by atoms with Crippen molar-refractivity contribution in [1.82, 2.24) is 0 Å². The van der Waals surface area contributed by atoms with E-state index in [-0.39, 0.29) is 0 Å². The number of benzene rings is 7. The summed E-state index contributed by atoms with van der Waals surface area (Å²) in [6, 6.07) is 52.4. The number of nitrogens with one attached hydrogen (secondary N) is 2.